The van der Waals surface area contributed by atoms with E-state index in [0.717, 1.165) is 22.3 Å². The molecule has 160 valence electrons. The van der Waals surface area contributed by atoms with Crippen LogP contribution in [-0.2, 0) is 0 Å². The number of H-pyrrole nitrogens is 1. The van der Waals surface area contributed by atoms with Gasteiger partial charge in [0.05, 0.1) is 28.4 Å². The minimum atomic E-state index is -0.194. The minimum absolute atomic E-state index is 0.194. The molecule has 5 rings (SSSR count). The molecule has 6 nitrogen and oxygen atoms in total. The molecule has 2 heterocycles. The van der Waals surface area contributed by atoms with Crippen molar-refractivity contribution in [3.63, 3.8) is 0 Å². The lowest BCUT2D eigenvalue weighted by Gasteiger charge is -2.02. The van der Waals surface area contributed by atoms with Crippen molar-refractivity contribution < 1.29 is 4.74 Å². The van der Waals surface area contributed by atoms with Crippen LogP contribution in [0.2, 0.25) is 0 Å². The molecule has 0 saturated heterocycles. The first-order valence-corrected chi connectivity index (χ1v) is 11.0. The summed E-state index contributed by atoms with van der Waals surface area (Å²) in [6.45, 7) is 0. The zero-order chi connectivity index (χ0) is 22.8. The maximum absolute atomic E-state index is 13.5. The second-order valence-electron chi connectivity index (χ2n) is 7.25. The van der Waals surface area contributed by atoms with E-state index in [4.69, 9.17) is 4.74 Å². The third-order valence-corrected chi connectivity index (χ3v) is 6.30. The molecule has 7 heteroatoms. The Morgan fingerprint density at radius 1 is 1.06 bits per heavy atom. The van der Waals surface area contributed by atoms with Crippen molar-refractivity contribution in [2.75, 3.05) is 7.11 Å². The topological polar surface area (TPSA) is 83.7 Å². The fourth-order valence-electron chi connectivity index (χ4n) is 3.59. The molecule has 0 fully saturated rings. The van der Waals surface area contributed by atoms with Crippen LogP contribution in [0.25, 0.3) is 28.4 Å². The molecule has 0 unspecified atom stereocenters. The number of fused-ring (bicyclic) bond motifs is 1. The molecule has 0 amide bonds. The zero-order valence-corrected chi connectivity index (χ0v) is 18.5. The lowest BCUT2D eigenvalue weighted by atomic mass is 10.2. The average molecular weight is 451 g/mol. The second kappa shape index (κ2) is 8.61. The van der Waals surface area contributed by atoms with Crippen LogP contribution in [-0.4, -0.2) is 21.6 Å². The molecule has 0 aliphatic heterocycles. The first-order chi connectivity index (χ1) is 16.2. The van der Waals surface area contributed by atoms with E-state index < -0.39 is 0 Å². The van der Waals surface area contributed by atoms with Crippen LogP contribution in [0.4, 0.5) is 0 Å². The number of imidazole rings is 1. The van der Waals surface area contributed by atoms with Crippen LogP contribution in [0.3, 0.4) is 0 Å². The van der Waals surface area contributed by atoms with Gasteiger partial charge in [0, 0.05) is 0 Å². The van der Waals surface area contributed by atoms with Gasteiger partial charge < -0.3 is 9.72 Å². The van der Waals surface area contributed by atoms with Gasteiger partial charge in [-0.1, -0.05) is 42.5 Å². The Morgan fingerprint density at radius 2 is 1.79 bits per heavy atom. The van der Waals surface area contributed by atoms with Gasteiger partial charge in [0.25, 0.3) is 5.56 Å². The van der Waals surface area contributed by atoms with Gasteiger partial charge in [-0.25, -0.2) is 4.98 Å². The van der Waals surface area contributed by atoms with Crippen molar-refractivity contribution >= 4 is 34.0 Å². The van der Waals surface area contributed by atoms with Gasteiger partial charge in [-0.05, 0) is 48.0 Å². The molecular weight excluding hydrogens is 432 g/mol. The quantitative estimate of drug-likeness (QED) is 0.455. The van der Waals surface area contributed by atoms with Crippen molar-refractivity contribution in [2.24, 2.45) is 0 Å². The summed E-state index contributed by atoms with van der Waals surface area (Å²) in [6, 6.07) is 26.6. The van der Waals surface area contributed by atoms with Crippen molar-refractivity contribution in [2.45, 2.75) is 0 Å². The Bertz CT molecular complexity index is 1640. The monoisotopic (exact) mass is 450 g/mol. The Hall–Kier alpha value is -4.41. The summed E-state index contributed by atoms with van der Waals surface area (Å²) in [6.07, 6.45) is 1.82. The van der Waals surface area contributed by atoms with Gasteiger partial charge >= 0.3 is 0 Å². The van der Waals surface area contributed by atoms with Crippen LogP contribution in [0.15, 0.2) is 83.7 Å². The number of benzene rings is 3. The van der Waals surface area contributed by atoms with Crippen molar-refractivity contribution in [1.82, 2.24) is 14.5 Å². The lowest BCUT2D eigenvalue weighted by molar-refractivity contribution is 0.415. The summed E-state index contributed by atoms with van der Waals surface area (Å²) >= 11 is 1.27. The summed E-state index contributed by atoms with van der Waals surface area (Å²) in [5.74, 6) is 1.17. The van der Waals surface area contributed by atoms with Crippen LogP contribution in [0.1, 0.15) is 11.4 Å². The SMILES string of the molecule is COc1ccc(/C=c2\s/c(=C(/C#N)c3nc4ccccc4[nH]3)n(-c3ccccc3)c2=O)cc1. The standard InChI is InChI=1S/C26H18N4O2S/c1-32-19-13-11-17(12-14-19)15-23-25(31)30(18-7-3-2-4-8-18)26(33-23)20(16-27)24-28-21-9-5-6-10-22(21)29-24/h2-15H,1H3,(H,28,29)/b23-15-,26-20-. The molecule has 33 heavy (non-hydrogen) atoms. The fourth-order valence-corrected chi connectivity index (χ4v) is 4.69. The minimum Gasteiger partial charge on any atom is -0.497 e. The summed E-state index contributed by atoms with van der Waals surface area (Å²) < 4.78 is 7.83. The number of methoxy groups -OCH3 is 1. The number of rotatable bonds is 4. The molecule has 0 radical (unpaired) electrons. The number of nitriles is 1. The Labute approximate surface area is 193 Å². The highest BCUT2D eigenvalue weighted by atomic mass is 32.1. The number of ether oxygens (including phenoxy) is 1. The Morgan fingerprint density at radius 3 is 2.48 bits per heavy atom. The number of hydrogen-bond donors (Lipinski definition) is 1. The van der Waals surface area contributed by atoms with E-state index in [1.165, 1.54) is 11.3 Å². The fraction of sp³-hybridized carbons (Fsp3) is 0.0385. The molecule has 0 aliphatic rings. The maximum atomic E-state index is 13.5. The zero-order valence-electron chi connectivity index (χ0n) is 17.6. The Kier molecular flexibility index (Phi) is 5.35. The van der Waals surface area contributed by atoms with E-state index in [1.807, 2.05) is 84.9 Å². The van der Waals surface area contributed by atoms with Gasteiger partial charge in [0.15, 0.2) is 5.82 Å². The van der Waals surface area contributed by atoms with Gasteiger partial charge in [-0.2, -0.15) is 5.26 Å². The molecular formula is C26H18N4O2S. The number of aromatic amines is 1. The van der Waals surface area contributed by atoms with Crippen molar-refractivity contribution in [1.29, 1.82) is 5.26 Å². The highest BCUT2D eigenvalue weighted by Crippen LogP contribution is 2.16. The summed E-state index contributed by atoms with van der Waals surface area (Å²) in [7, 11) is 1.61. The van der Waals surface area contributed by atoms with Gasteiger partial charge in [-0.15, -0.1) is 11.3 Å². The van der Waals surface area contributed by atoms with Crippen molar-refractivity contribution in [3.8, 4) is 17.5 Å². The number of nitrogens with zero attached hydrogens (tertiary/aromatic N) is 3. The molecule has 0 aliphatic carbocycles. The first-order valence-electron chi connectivity index (χ1n) is 10.2. The molecule has 0 bridgehead atoms. The van der Waals surface area contributed by atoms with E-state index in [2.05, 4.69) is 16.0 Å². The average Bonchev–Trinajstić information content (AvgIpc) is 3.42. The third kappa shape index (κ3) is 3.84. The summed E-state index contributed by atoms with van der Waals surface area (Å²) in [5.41, 5.74) is 3.26. The van der Waals surface area contributed by atoms with Crippen molar-refractivity contribution in [3.05, 3.63) is 110 Å². The van der Waals surface area contributed by atoms with E-state index in [-0.39, 0.29) is 5.56 Å². The van der Waals surface area contributed by atoms with E-state index >= 15 is 0 Å². The van der Waals surface area contributed by atoms with Crippen LogP contribution < -0.4 is 19.5 Å². The largest absolute Gasteiger partial charge is 0.497 e. The van der Waals surface area contributed by atoms with E-state index in [1.54, 1.807) is 11.7 Å². The number of thiazole rings is 1. The van der Waals surface area contributed by atoms with Crippen LogP contribution in [0.5, 0.6) is 5.75 Å². The first kappa shape index (κ1) is 20.5. The molecule has 2 aromatic heterocycles. The van der Waals surface area contributed by atoms with E-state index in [9.17, 15) is 10.1 Å². The van der Waals surface area contributed by atoms with Gasteiger partial charge in [0.1, 0.15) is 22.1 Å². The highest BCUT2D eigenvalue weighted by Gasteiger charge is 2.15. The maximum Gasteiger partial charge on any atom is 0.273 e. The highest BCUT2D eigenvalue weighted by molar-refractivity contribution is 7.07. The van der Waals surface area contributed by atoms with E-state index in [0.29, 0.717) is 26.3 Å². The second-order valence-corrected chi connectivity index (χ2v) is 8.29. The number of aromatic nitrogens is 3. The number of nitrogens with one attached hydrogen (secondary N) is 1. The molecule has 0 atom stereocenters. The van der Waals surface area contributed by atoms with Crippen LogP contribution >= 0.6 is 11.3 Å². The number of para-hydroxylation sites is 3. The predicted molar refractivity (Wildman–Crippen MR) is 130 cm³/mol. The number of hydrogen-bond acceptors (Lipinski definition) is 5. The smallest absolute Gasteiger partial charge is 0.273 e. The third-order valence-electron chi connectivity index (χ3n) is 5.20. The van der Waals surface area contributed by atoms with Gasteiger partial charge in [0.2, 0.25) is 0 Å². The molecule has 3 aromatic carbocycles. The van der Waals surface area contributed by atoms with Crippen LogP contribution in [0, 0.1) is 11.3 Å². The predicted octanol–water partition coefficient (Wildman–Crippen LogP) is 3.34. The molecule has 0 spiro atoms. The summed E-state index contributed by atoms with van der Waals surface area (Å²) in [5, 5.41) is 10.1. The molecule has 0 saturated carbocycles. The normalized spacial score (nSPS) is 12.5. The lowest BCUT2D eigenvalue weighted by Crippen LogP contribution is -2.30. The van der Waals surface area contributed by atoms with Gasteiger partial charge in [-0.3, -0.25) is 9.36 Å². The molecule has 5 aromatic rings. The Balaban J connectivity index is 1.82. The molecule has 1 N–H and O–H groups in total. The summed E-state index contributed by atoms with van der Waals surface area (Å²) in [4.78, 5) is 21.3.